The third-order valence-corrected chi connectivity index (χ3v) is 3.06. The average Bonchev–Trinajstić information content (AvgIpc) is 2.74. The Morgan fingerprint density at radius 1 is 1.68 bits per heavy atom. The SMILES string of the molecule is COCC(N)(C(=O)O)C(O)CCCc1cnc(C)[nH]1. The number of carbonyl (C=O) groups is 1. The molecule has 0 aliphatic rings. The summed E-state index contributed by atoms with van der Waals surface area (Å²) in [7, 11) is 1.35. The van der Waals surface area contributed by atoms with E-state index in [9.17, 15) is 9.90 Å². The molecule has 0 aliphatic carbocycles. The molecule has 0 bridgehead atoms. The molecular formula is C12H21N3O4. The van der Waals surface area contributed by atoms with Gasteiger partial charge in [0.15, 0.2) is 5.54 Å². The number of hydrogen-bond acceptors (Lipinski definition) is 5. The highest BCUT2D eigenvalue weighted by Crippen LogP contribution is 2.15. The van der Waals surface area contributed by atoms with Gasteiger partial charge in [0.25, 0.3) is 0 Å². The highest BCUT2D eigenvalue weighted by atomic mass is 16.5. The summed E-state index contributed by atoms with van der Waals surface area (Å²) in [4.78, 5) is 18.2. The Labute approximate surface area is 111 Å². The van der Waals surface area contributed by atoms with Gasteiger partial charge in [0.05, 0.1) is 12.7 Å². The van der Waals surface area contributed by atoms with Gasteiger partial charge in [0.1, 0.15) is 5.82 Å². The van der Waals surface area contributed by atoms with Gasteiger partial charge >= 0.3 is 5.97 Å². The molecule has 0 spiro atoms. The lowest BCUT2D eigenvalue weighted by atomic mass is 9.90. The predicted molar refractivity (Wildman–Crippen MR) is 68.7 cm³/mol. The molecule has 108 valence electrons. The number of aliphatic carboxylic acids is 1. The standard InChI is InChI=1S/C12H21N3O4/c1-8-14-6-9(15-8)4-3-5-10(16)12(13,7-19-2)11(17)18/h6,10,16H,3-5,7,13H2,1-2H3,(H,14,15)(H,17,18). The maximum Gasteiger partial charge on any atom is 0.328 e. The molecule has 2 unspecified atom stereocenters. The van der Waals surface area contributed by atoms with Crippen LogP contribution in [0.3, 0.4) is 0 Å². The molecule has 1 aromatic rings. The van der Waals surface area contributed by atoms with E-state index in [1.807, 2.05) is 6.92 Å². The fourth-order valence-corrected chi connectivity index (χ4v) is 1.88. The summed E-state index contributed by atoms with van der Waals surface area (Å²) in [5, 5.41) is 19.0. The molecule has 0 radical (unpaired) electrons. The summed E-state index contributed by atoms with van der Waals surface area (Å²) in [5.74, 6) is -0.437. The maximum atomic E-state index is 11.1. The topological polar surface area (TPSA) is 121 Å². The number of nitrogens with two attached hydrogens (primary N) is 1. The van der Waals surface area contributed by atoms with E-state index in [2.05, 4.69) is 9.97 Å². The quantitative estimate of drug-likeness (QED) is 0.521. The number of aromatic amines is 1. The number of H-pyrrole nitrogens is 1. The number of aryl methyl sites for hydroxylation is 2. The van der Waals surface area contributed by atoms with Crippen molar-refractivity contribution in [2.45, 2.75) is 37.8 Å². The van der Waals surface area contributed by atoms with Crippen molar-refractivity contribution in [1.29, 1.82) is 0 Å². The van der Waals surface area contributed by atoms with E-state index in [1.165, 1.54) is 7.11 Å². The van der Waals surface area contributed by atoms with Gasteiger partial charge in [-0.25, -0.2) is 4.98 Å². The molecule has 5 N–H and O–H groups in total. The van der Waals surface area contributed by atoms with Crippen LogP contribution < -0.4 is 5.73 Å². The number of rotatable bonds is 8. The highest BCUT2D eigenvalue weighted by Gasteiger charge is 2.41. The smallest absolute Gasteiger partial charge is 0.328 e. The van der Waals surface area contributed by atoms with Gasteiger partial charge < -0.3 is 25.7 Å². The van der Waals surface area contributed by atoms with Crippen LogP contribution in [0, 0.1) is 6.92 Å². The van der Waals surface area contributed by atoms with Crippen LogP contribution in [0.1, 0.15) is 24.4 Å². The average molecular weight is 271 g/mol. The van der Waals surface area contributed by atoms with Gasteiger partial charge in [-0.05, 0) is 26.2 Å². The number of hydrogen-bond donors (Lipinski definition) is 4. The summed E-state index contributed by atoms with van der Waals surface area (Å²) < 4.78 is 4.78. The van der Waals surface area contributed by atoms with E-state index in [0.29, 0.717) is 12.8 Å². The second-order valence-electron chi connectivity index (χ2n) is 4.68. The molecule has 0 saturated carbocycles. The number of aliphatic hydroxyl groups is 1. The van der Waals surface area contributed by atoms with Gasteiger partial charge in [-0.1, -0.05) is 0 Å². The first-order chi connectivity index (χ1) is 8.90. The number of methoxy groups -OCH3 is 1. The third kappa shape index (κ3) is 4.02. The second kappa shape index (κ2) is 6.65. The number of aromatic nitrogens is 2. The van der Waals surface area contributed by atoms with Crippen molar-refractivity contribution in [1.82, 2.24) is 9.97 Å². The van der Waals surface area contributed by atoms with Crippen LogP contribution >= 0.6 is 0 Å². The van der Waals surface area contributed by atoms with Crippen molar-refractivity contribution in [3.05, 3.63) is 17.7 Å². The lowest BCUT2D eigenvalue weighted by Crippen LogP contribution is -2.60. The van der Waals surface area contributed by atoms with Crippen molar-refractivity contribution in [3.63, 3.8) is 0 Å². The Morgan fingerprint density at radius 2 is 2.37 bits per heavy atom. The van der Waals surface area contributed by atoms with Crippen LogP contribution in [0.5, 0.6) is 0 Å². The monoisotopic (exact) mass is 271 g/mol. The van der Waals surface area contributed by atoms with Gasteiger partial charge in [-0.15, -0.1) is 0 Å². The molecule has 0 fully saturated rings. The zero-order chi connectivity index (χ0) is 14.5. The van der Waals surface area contributed by atoms with Crippen molar-refractivity contribution in [2.75, 3.05) is 13.7 Å². The van der Waals surface area contributed by atoms with E-state index in [4.69, 9.17) is 15.6 Å². The molecule has 0 aromatic carbocycles. The number of nitrogens with one attached hydrogen (secondary N) is 1. The molecule has 19 heavy (non-hydrogen) atoms. The summed E-state index contributed by atoms with van der Waals surface area (Å²) in [6.07, 6.45) is 2.14. The molecule has 7 heteroatoms. The fraction of sp³-hybridized carbons (Fsp3) is 0.667. The van der Waals surface area contributed by atoms with Gasteiger partial charge in [-0.2, -0.15) is 0 Å². The number of carboxylic acid groups (broad SMARTS) is 1. The first-order valence-corrected chi connectivity index (χ1v) is 6.10. The van der Waals surface area contributed by atoms with E-state index in [-0.39, 0.29) is 13.0 Å². The largest absolute Gasteiger partial charge is 0.480 e. The van der Waals surface area contributed by atoms with Gasteiger partial charge in [0, 0.05) is 19.0 Å². The molecular weight excluding hydrogens is 250 g/mol. The van der Waals surface area contributed by atoms with Crippen molar-refractivity contribution >= 4 is 5.97 Å². The lowest BCUT2D eigenvalue weighted by molar-refractivity contribution is -0.151. The van der Waals surface area contributed by atoms with Gasteiger partial charge in [0.2, 0.25) is 0 Å². The van der Waals surface area contributed by atoms with E-state index in [0.717, 1.165) is 11.5 Å². The first kappa shape index (κ1) is 15.6. The van der Waals surface area contributed by atoms with Crippen LogP contribution in [0.4, 0.5) is 0 Å². The van der Waals surface area contributed by atoms with Crippen LogP contribution in [-0.2, 0) is 16.0 Å². The Hall–Kier alpha value is -1.44. The molecule has 0 aliphatic heterocycles. The normalized spacial score (nSPS) is 16.0. The molecule has 1 aromatic heterocycles. The Bertz CT molecular complexity index is 421. The number of carboxylic acids is 1. The summed E-state index contributed by atoms with van der Waals surface area (Å²) in [5.41, 5.74) is 4.87. The Balaban J connectivity index is 2.48. The first-order valence-electron chi connectivity index (χ1n) is 6.10. The summed E-state index contributed by atoms with van der Waals surface area (Å²) >= 11 is 0. The zero-order valence-electron chi connectivity index (χ0n) is 11.2. The van der Waals surface area contributed by atoms with E-state index < -0.39 is 17.6 Å². The molecule has 0 amide bonds. The zero-order valence-corrected chi connectivity index (χ0v) is 11.2. The second-order valence-corrected chi connectivity index (χ2v) is 4.68. The Kier molecular flexibility index (Phi) is 5.46. The minimum Gasteiger partial charge on any atom is -0.480 e. The van der Waals surface area contributed by atoms with Crippen molar-refractivity contribution in [3.8, 4) is 0 Å². The third-order valence-electron chi connectivity index (χ3n) is 3.06. The number of aliphatic hydroxyl groups excluding tert-OH is 1. The minimum atomic E-state index is -1.77. The van der Waals surface area contributed by atoms with Crippen LogP contribution in [0.2, 0.25) is 0 Å². The number of nitrogens with zero attached hydrogens (tertiary/aromatic N) is 1. The predicted octanol–water partition coefficient (Wildman–Crippen LogP) is -0.170. The molecule has 7 nitrogen and oxygen atoms in total. The summed E-state index contributed by atoms with van der Waals surface area (Å²) in [6, 6.07) is 0. The highest BCUT2D eigenvalue weighted by molar-refractivity contribution is 5.79. The molecule has 1 heterocycles. The molecule has 0 saturated heterocycles. The molecule has 2 atom stereocenters. The number of imidazole rings is 1. The van der Waals surface area contributed by atoms with E-state index in [1.54, 1.807) is 6.20 Å². The van der Waals surface area contributed by atoms with Crippen LogP contribution in [-0.4, -0.2) is 51.5 Å². The maximum absolute atomic E-state index is 11.1. The van der Waals surface area contributed by atoms with Crippen LogP contribution in [0.25, 0.3) is 0 Å². The minimum absolute atomic E-state index is 0.229. The Morgan fingerprint density at radius 3 is 2.84 bits per heavy atom. The summed E-state index contributed by atoms with van der Waals surface area (Å²) in [6.45, 7) is 1.62. The van der Waals surface area contributed by atoms with E-state index >= 15 is 0 Å². The van der Waals surface area contributed by atoms with Crippen molar-refractivity contribution < 1.29 is 19.7 Å². The lowest BCUT2D eigenvalue weighted by Gasteiger charge is -2.29. The van der Waals surface area contributed by atoms with Crippen LogP contribution in [0.15, 0.2) is 6.20 Å². The number of ether oxygens (including phenoxy) is 1. The van der Waals surface area contributed by atoms with Crippen molar-refractivity contribution in [2.24, 2.45) is 5.73 Å². The fourth-order valence-electron chi connectivity index (χ4n) is 1.88. The molecule has 1 rings (SSSR count). The van der Waals surface area contributed by atoms with Gasteiger partial charge in [-0.3, -0.25) is 4.79 Å².